The summed E-state index contributed by atoms with van der Waals surface area (Å²) in [6.07, 6.45) is 0.331. The molecule has 0 saturated carbocycles. The van der Waals surface area contributed by atoms with Gasteiger partial charge in [0, 0.05) is 0 Å². The highest BCUT2D eigenvalue weighted by molar-refractivity contribution is 5.65. The van der Waals surface area contributed by atoms with Gasteiger partial charge in [-0.3, -0.25) is 0 Å². The Labute approximate surface area is 76.7 Å². The van der Waals surface area contributed by atoms with Crippen LogP contribution in [0.1, 0.15) is 11.6 Å². The zero-order valence-corrected chi connectivity index (χ0v) is 7.05. The van der Waals surface area contributed by atoms with E-state index in [4.69, 9.17) is 5.11 Å². The van der Waals surface area contributed by atoms with Crippen molar-refractivity contribution in [1.29, 1.82) is 0 Å². The van der Waals surface area contributed by atoms with E-state index in [1.54, 1.807) is 0 Å². The van der Waals surface area contributed by atoms with Gasteiger partial charge in [0.2, 0.25) is 0 Å². The van der Waals surface area contributed by atoms with Crippen LogP contribution in [0.25, 0.3) is 0 Å². The second-order valence-corrected chi connectivity index (χ2v) is 2.50. The van der Waals surface area contributed by atoms with E-state index in [2.05, 4.69) is 11.9 Å². The minimum Gasteiger partial charge on any atom is -0.464 e. The molecule has 1 radical (unpaired) electrons. The van der Waals surface area contributed by atoms with Crippen LogP contribution in [-0.2, 0) is 0 Å². The van der Waals surface area contributed by atoms with Crippen LogP contribution in [0.5, 0.6) is 0 Å². The van der Waals surface area contributed by atoms with Crippen molar-refractivity contribution in [3.8, 4) is 0 Å². The number of hydrogen-bond acceptors (Lipinski definition) is 1. The van der Waals surface area contributed by atoms with Crippen LogP contribution in [-0.4, -0.2) is 11.2 Å². The molecule has 0 saturated heterocycles. The first-order chi connectivity index (χ1) is 6.24. The van der Waals surface area contributed by atoms with Gasteiger partial charge in [-0.05, 0) is 5.56 Å². The summed E-state index contributed by atoms with van der Waals surface area (Å²) in [7, 11) is 0. The Balaban J connectivity index is 2.78. The second-order valence-electron chi connectivity index (χ2n) is 2.50. The normalized spacial score (nSPS) is 11.7. The quantitative estimate of drug-likeness (QED) is 0.717. The van der Waals surface area contributed by atoms with Crippen LogP contribution in [0, 0.1) is 0 Å². The molecule has 0 fully saturated rings. The minimum atomic E-state index is -1.17. The number of hydrogen-bond donors (Lipinski definition) is 1. The largest absolute Gasteiger partial charge is 0.464 e. The molecule has 0 heterocycles. The fourth-order valence-electron chi connectivity index (χ4n) is 1.03. The van der Waals surface area contributed by atoms with Crippen LogP contribution < -0.4 is 5.32 Å². The summed E-state index contributed by atoms with van der Waals surface area (Å²) in [5.74, 6) is 0. The lowest BCUT2D eigenvalue weighted by molar-refractivity contribution is 0.191. The molecule has 0 aliphatic rings. The van der Waals surface area contributed by atoms with E-state index >= 15 is 0 Å². The summed E-state index contributed by atoms with van der Waals surface area (Å²) in [6.45, 7) is 3.53. The maximum absolute atomic E-state index is 10.3. The highest BCUT2D eigenvalue weighted by Gasteiger charge is 2.10. The van der Waals surface area contributed by atoms with Gasteiger partial charge >= 0.3 is 6.09 Å². The van der Waals surface area contributed by atoms with Gasteiger partial charge in [0.25, 0.3) is 0 Å². The van der Waals surface area contributed by atoms with E-state index < -0.39 is 12.1 Å². The fourth-order valence-corrected chi connectivity index (χ4v) is 1.03. The second kappa shape index (κ2) is 4.30. The number of carbonyl (C=O) groups is 1. The molecular formula is C10H10NO2. The standard InChI is InChI=1S/C10H10NO2/c1-2-9(11-10(12)13)8-6-4-3-5-7-8/h2-7,9H,1H2,(H,12,13). The van der Waals surface area contributed by atoms with Crippen molar-refractivity contribution >= 4 is 6.09 Å². The average molecular weight is 176 g/mol. The molecule has 67 valence electrons. The molecule has 0 spiro atoms. The van der Waals surface area contributed by atoms with Gasteiger partial charge in [0.1, 0.15) is 6.04 Å². The zero-order valence-electron chi connectivity index (χ0n) is 7.05. The van der Waals surface area contributed by atoms with Gasteiger partial charge in [0.05, 0.1) is 0 Å². The predicted octanol–water partition coefficient (Wildman–Crippen LogP) is 2.20. The van der Waals surface area contributed by atoms with Gasteiger partial charge in [-0.1, -0.05) is 36.4 Å². The molecule has 1 atom stereocenters. The molecule has 3 nitrogen and oxygen atoms in total. The first-order valence-corrected chi connectivity index (χ1v) is 3.85. The van der Waals surface area contributed by atoms with Crippen molar-refractivity contribution in [2.75, 3.05) is 0 Å². The van der Waals surface area contributed by atoms with Crippen LogP contribution >= 0.6 is 0 Å². The summed E-state index contributed by atoms with van der Waals surface area (Å²) in [5, 5.41) is 11.9. The predicted molar refractivity (Wildman–Crippen MR) is 49.5 cm³/mol. The summed E-state index contributed by atoms with van der Waals surface area (Å²) >= 11 is 0. The van der Waals surface area contributed by atoms with Crippen molar-refractivity contribution in [1.82, 2.24) is 5.32 Å². The van der Waals surface area contributed by atoms with Crippen molar-refractivity contribution in [2.45, 2.75) is 6.04 Å². The molecule has 1 rings (SSSR count). The Morgan fingerprint density at radius 1 is 1.46 bits per heavy atom. The number of amides is 1. The summed E-state index contributed by atoms with van der Waals surface area (Å²) in [4.78, 5) is 10.3. The molecule has 0 aliphatic heterocycles. The van der Waals surface area contributed by atoms with Gasteiger partial charge in [0.15, 0.2) is 0 Å². The lowest BCUT2D eigenvalue weighted by Gasteiger charge is -2.08. The van der Waals surface area contributed by atoms with E-state index in [1.165, 1.54) is 6.08 Å². The van der Waals surface area contributed by atoms with Crippen molar-refractivity contribution < 1.29 is 9.90 Å². The first kappa shape index (κ1) is 9.32. The van der Waals surface area contributed by atoms with E-state index in [9.17, 15) is 4.79 Å². The maximum atomic E-state index is 10.3. The molecule has 13 heavy (non-hydrogen) atoms. The van der Waals surface area contributed by atoms with E-state index in [1.807, 2.05) is 30.3 Å². The van der Waals surface area contributed by atoms with Crippen molar-refractivity contribution in [2.24, 2.45) is 0 Å². The lowest BCUT2D eigenvalue weighted by atomic mass is 10.1. The topological polar surface area (TPSA) is 51.4 Å². The van der Waals surface area contributed by atoms with E-state index in [0.29, 0.717) is 0 Å². The van der Waals surface area contributed by atoms with E-state index in [0.717, 1.165) is 5.56 Å². The van der Waals surface area contributed by atoms with Gasteiger partial charge < -0.3 is 5.11 Å². The van der Waals surface area contributed by atoms with Gasteiger partial charge in [-0.15, -0.1) is 6.58 Å². The molecule has 0 aliphatic carbocycles. The third kappa shape index (κ3) is 2.63. The highest BCUT2D eigenvalue weighted by atomic mass is 16.4. The number of benzene rings is 1. The lowest BCUT2D eigenvalue weighted by Crippen LogP contribution is -2.17. The third-order valence-electron chi connectivity index (χ3n) is 1.61. The van der Waals surface area contributed by atoms with Crippen molar-refractivity contribution in [3.63, 3.8) is 0 Å². The maximum Gasteiger partial charge on any atom is 0.427 e. The molecule has 1 unspecified atom stereocenters. The SMILES string of the molecule is C=CC([N]C(=O)O)c1ccccc1. The molecule has 3 heteroatoms. The Kier molecular flexibility index (Phi) is 3.09. The first-order valence-electron chi connectivity index (χ1n) is 3.85. The van der Waals surface area contributed by atoms with Crippen LogP contribution in [0.15, 0.2) is 43.0 Å². The summed E-state index contributed by atoms with van der Waals surface area (Å²) in [6, 6.07) is 8.72. The Hall–Kier alpha value is -1.77. The minimum absolute atomic E-state index is 0.460. The van der Waals surface area contributed by atoms with Crippen LogP contribution in [0.2, 0.25) is 0 Å². The van der Waals surface area contributed by atoms with Crippen LogP contribution in [0.3, 0.4) is 0 Å². The fraction of sp³-hybridized carbons (Fsp3) is 0.100. The number of rotatable bonds is 3. The molecule has 1 aromatic carbocycles. The summed E-state index contributed by atoms with van der Waals surface area (Å²) < 4.78 is 0. The molecule has 1 amide bonds. The zero-order chi connectivity index (χ0) is 9.68. The molecule has 1 N–H and O–H groups in total. The van der Waals surface area contributed by atoms with Gasteiger partial charge in [-0.25, -0.2) is 10.1 Å². The monoisotopic (exact) mass is 176 g/mol. The number of nitrogens with zero attached hydrogens (tertiary/aromatic N) is 1. The Bertz CT molecular complexity index is 295. The van der Waals surface area contributed by atoms with E-state index in [-0.39, 0.29) is 0 Å². The molecule has 1 aromatic rings. The highest BCUT2D eigenvalue weighted by Crippen LogP contribution is 2.13. The molecular weight excluding hydrogens is 166 g/mol. The number of carboxylic acid groups (broad SMARTS) is 1. The third-order valence-corrected chi connectivity index (χ3v) is 1.61. The smallest absolute Gasteiger partial charge is 0.427 e. The van der Waals surface area contributed by atoms with Crippen molar-refractivity contribution in [3.05, 3.63) is 48.6 Å². The molecule has 0 bridgehead atoms. The Morgan fingerprint density at radius 3 is 2.54 bits per heavy atom. The van der Waals surface area contributed by atoms with Gasteiger partial charge in [-0.2, -0.15) is 0 Å². The van der Waals surface area contributed by atoms with Crippen LogP contribution in [0.4, 0.5) is 4.79 Å². The average Bonchev–Trinajstić information content (AvgIpc) is 2.15. The molecule has 0 aromatic heterocycles. The summed E-state index contributed by atoms with van der Waals surface area (Å²) in [5.41, 5.74) is 0.833. The Morgan fingerprint density at radius 2 is 2.08 bits per heavy atom.